The minimum absolute atomic E-state index is 0.0743. The van der Waals surface area contributed by atoms with Crippen molar-refractivity contribution >= 4 is 17.9 Å². The van der Waals surface area contributed by atoms with Gasteiger partial charge in [-0.05, 0) is 24.1 Å². The Balaban J connectivity index is 1.84. The molecule has 1 fully saturated rings. The second-order valence-corrected chi connectivity index (χ2v) is 6.60. The molecule has 1 aromatic rings. The van der Waals surface area contributed by atoms with Crippen molar-refractivity contribution in [3.05, 3.63) is 46.9 Å². The first-order chi connectivity index (χ1) is 12.5. The SMILES string of the molecule is CCCN1C(=O)NC(=O)C2C(c3ccc(F)cc3)C3=C(COC3=O)NC21. The molecule has 0 spiro atoms. The molecule has 0 aliphatic carbocycles. The number of ether oxygens (including phenoxy) is 1. The van der Waals surface area contributed by atoms with E-state index in [-0.39, 0.29) is 6.61 Å². The molecule has 26 heavy (non-hydrogen) atoms. The fraction of sp³-hybridized carbons (Fsp3) is 0.389. The Kier molecular flexibility index (Phi) is 3.90. The molecule has 1 aromatic carbocycles. The third-order valence-electron chi connectivity index (χ3n) is 5.05. The van der Waals surface area contributed by atoms with Gasteiger partial charge in [-0.1, -0.05) is 19.1 Å². The van der Waals surface area contributed by atoms with Gasteiger partial charge in [-0.25, -0.2) is 14.0 Å². The number of nitrogens with one attached hydrogen (secondary N) is 2. The first-order valence-corrected chi connectivity index (χ1v) is 8.55. The molecule has 4 rings (SSSR count). The van der Waals surface area contributed by atoms with Gasteiger partial charge in [0.25, 0.3) is 0 Å². The number of cyclic esters (lactones) is 1. The van der Waals surface area contributed by atoms with Crippen molar-refractivity contribution in [2.45, 2.75) is 25.4 Å². The summed E-state index contributed by atoms with van der Waals surface area (Å²) in [6.07, 6.45) is 0.134. The number of carbonyl (C=O) groups is 3. The van der Waals surface area contributed by atoms with Crippen molar-refractivity contribution in [3.63, 3.8) is 0 Å². The number of hydrogen-bond donors (Lipinski definition) is 2. The van der Waals surface area contributed by atoms with Crippen LogP contribution in [0.5, 0.6) is 0 Å². The number of carbonyl (C=O) groups excluding carboxylic acids is 3. The van der Waals surface area contributed by atoms with E-state index in [0.717, 1.165) is 6.42 Å². The van der Waals surface area contributed by atoms with E-state index in [1.165, 1.54) is 12.1 Å². The molecule has 8 heteroatoms. The second kappa shape index (κ2) is 6.12. The van der Waals surface area contributed by atoms with Crippen molar-refractivity contribution in [2.24, 2.45) is 5.92 Å². The van der Waals surface area contributed by atoms with Crippen LogP contribution in [-0.2, 0) is 14.3 Å². The lowest BCUT2D eigenvalue weighted by Gasteiger charge is -2.46. The number of nitrogens with zero attached hydrogens (tertiary/aromatic N) is 1. The maximum absolute atomic E-state index is 13.4. The highest BCUT2D eigenvalue weighted by Crippen LogP contribution is 2.43. The number of fused-ring (bicyclic) bond motifs is 1. The quantitative estimate of drug-likeness (QED) is 0.793. The summed E-state index contributed by atoms with van der Waals surface area (Å²) < 4.78 is 18.5. The average molecular weight is 359 g/mol. The largest absolute Gasteiger partial charge is 0.456 e. The van der Waals surface area contributed by atoms with E-state index in [4.69, 9.17) is 4.74 Å². The fourth-order valence-electron chi connectivity index (χ4n) is 3.96. The zero-order valence-corrected chi connectivity index (χ0v) is 14.1. The minimum atomic E-state index is -0.714. The van der Waals surface area contributed by atoms with Gasteiger partial charge in [0.15, 0.2) is 0 Å². The van der Waals surface area contributed by atoms with Crippen molar-refractivity contribution in [1.29, 1.82) is 0 Å². The maximum atomic E-state index is 13.4. The van der Waals surface area contributed by atoms with Crippen LogP contribution in [0.15, 0.2) is 35.5 Å². The van der Waals surface area contributed by atoms with Crippen LogP contribution in [0.1, 0.15) is 24.8 Å². The summed E-state index contributed by atoms with van der Waals surface area (Å²) in [7, 11) is 0. The third kappa shape index (κ3) is 2.44. The summed E-state index contributed by atoms with van der Waals surface area (Å²) >= 11 is 0. The molecule has 3 unspecified atom stereocenters. The molecule has 2 N–H and O–H groups in total. The standard InChI is InChI=1S/C18H18FN3O4/c1-2-7-22-15-14(16(23)21-18(22)25)12(9-3-5-10(19)6-4-9)13-11(20-15)8-26-17(13)24/h3-6,12,14-15,20H,2,7-8H2,1H3,(H,21,23,25). The lowest BCUT2D eigenvalue weighted by atomic mass is 9.74. The molecule has 0 bridgehead atoms. The fourth-order valence-corrected chi connectivity index (χ4v) is 3.96. The van der Waals surface area contributed by atoms with Crippen LogP contribution in [0.2, 0.25) is 0 Å². The Morgan fingerprint density at radius 1 is 1.23 bits per heavy atom. The molecule has 7 nitrogen and oxygen atoms in total. The Hall–Kier alpha value is -2.90. The number of benzene rings is 1. The van der Waals surface area contributed by atoms with E-state index in [9.17, 15) is 18.8 Å². The lowest BCUT2D eigenvalue weighted by Crippen LogP contribution is -2.67. The van der Waals surface area contributed by atoms with Crippen molar-refractivity contribution in [1.82, 2.24) is 15.5 Å². The maximum Gasteiger partial charge on any atom is 0.336 e. The van der Waals surface area contributed by atoms with E-state index < -0.39 is 41.7 Å². The molecule has 3 atom stereocenters. The molecule has 0 saturated carbocycles. The Labute approximate surface area is 149 Å². The normalized spacial score (nSPS) is 27.5. The smallest absolute Gasteiger partial charge is 0.336 e. The monoisotopic (exact) mass is 359 g/mol. The third-order valence-corrected chi connectivity index (χ3v) is 5.05. The predicted molar refractivity (Wildman–Crippen MR) is 88.1 cm³/mol. The van der Waals surface area contributed by atoms with E-state index in [2.05, 4.69) is 10.6 Å². The molecule has 3 heterocycles. The van der Waals surface area contributed by atoms with E-state index >= 15 is 0 Å². The highest BCUT2D eigenvalue weighted by molar-refractivity contribution is 6.02. The minimum Gasteiger partial charge on any atom is -0.456 e. The highest BCUT2D eigenvalue weighted by atomic mass is 19.1. The van der Waals surface area contributed by atoms with Gasteiger partial charge in [0.1, 0.15) is 18.6 Å². The zero-order chi connectivity index (χ0) is 18.4. The predicted octanol–water partition coefficient (Wildman–Crippen LogP) is 1.23. The Morgan fingerprint density at radius 2 is 1.96 bits per heavy atom. The summed E-state index contributed by atoms with van der Waals surface area (Å²) in [5.41, 5.74) is 1.59. The van der Waals surface area contributed by atoms with Crippen LogP contribution >= 0.6 is 0 Å². The zero-order valence-electron chi connectivity index (χ0n) is 14.1. The topological polar surface area (TPSA) is 87.7 Å². The Morgan fingerprint density at radius 3 is 2.65 bits per heavy atom. The molecule has 3 amide bonds. The summed E-state index contributed by atoms with van der Waals surface area (Å²) in [6, 6.07) is 5.25. The lowest BCUT2D eigenvalue weighted by molar-refractivity contribution is -0.136. The van der Waals surface area contributed by atoms with E-state index in [1.807, 2.05) is 6.92 Å². The molecule has 3 aliphatic heterocycles. The highest BCUT2D eigenvalue weighted by Gasteiger charge is 2.53. The van der Waals surface area contributed by atoms with Crippen molar-refractivity contribution in [2.75, 3.05) is 13.2 Å². The van der Waals surface area contributed by atoms with E-state index in [1.54, 1.807) is 17.0 Å². The van der Waals surface area contributed by atoms with Gasteiger partial charge >= 0.3 is 12.0 Å². The van der Waals surface area contributed by atoms with Crippen LogP contribution in [0, 0.1) is 11.7 Å². The van der Waals surface area contributed by atoms with Crippen LogP contribution in [0.25, 0.3) is 0 Å². The summed E-state index contributed by atoms with van der Waals surface area (Å²) in [5, 5.41) is 5.54. The van der Waals surface area contributed by atoms with Gasteiger partial charge in [-0.15, -0.1) is 0 Å². The number of hydrogen-bond acceptors (Lipinski definition) is 5. The number of urea groups is 1. The molecular formula is C18H18FN3O4. The molecule has 136 valence electrons. The van der Waals surface area contributed by atoms with Crippen LogP contribution < -0.4 is 10.6 Å². The number of esters is 1. The van der Waals surface area contributed by atoms with Gasteiger partial charge in [0.05, 0.1) is 17.2 Å². The van der Waals surface area contributed by atoms with Crippen LogP contribution in [0.3, 0.4) is 0 Å². The molecule has 0 aromatic heterocycles. The second-order valence-electron chi connectivity index (χ2n) is 6.60. The van der Waals surface area contributed by atoms with Crippen molar-refractivity contribution in [3.8, 4) is 0 Å². The molecular weight excluding hydrogens is 341 g/mol. The average Bonchev–Trinajstić information content (AvgIpc) is 2.98. The number of halogens is 1. The number of amides is 3. The summed E-state index contributed by atoms with van der Waals surface area (Å²) in [5.74, 6) is -2.68. The van der Waals surface area contributed by atoms with Crippen molar-refractivity contribution < 1.29 is 23.5 Å². The first kappa shape index (κ1) is 16.6. The molecule has 1 saturated heterocycles. The molecule has 0 radical (unpaired) electrons. The Bertz CT molecular complexity index is 820. The van der Waals surface area contributed by atoms with Crippen LogP contribution in [0.4, 0.5) is 9.18 Å². The molecule has 3 aliphatic rings. The van der Waals surface area contributed by atoms with Gasteiger partial charge in [0, 0.05) is 12.5 Å². The van der Waals surface area contributed by atoms with Gasteiger partial charge in [-0.2, -0.15) is 0 Å². The summed E-state index contributed by atoms with van der Waals surface area (Å²) in [4.78, 5) is 38.8. The number of rotatable bonds is 3. The first-order valence-electron chi connectivity index (χ1n) is 8.55. The van der Waals surface area contributed by atoms with Gasteiger partial charge in [-0.3, -0.25) is 10.1 Å². The number of imide groups is 1. The van der Waals surface area contributed by atoms with E-state index in [0.29, 0.717) is 23.4 Å². The van der Waals surface area contributed by atoms with Crippen LogP contribution in [-0.4, -0.2) is 42.1 Å². The van der Waals surface area contributed by atoms with Gasteiger partial charge in [0.2, 0.25) is 5.91 Å². The summed E-state index contributed by atoms with van der Waals surface area (Å²) in [6.45, 7) is 2.47. The van der Waals surface area contributed by atoms with Gasteiger partial charge < -0.3 is 15.0 Å².